The molecule has 0 aliphatic carbocycles. The van der Waals surface area contributed by atoms with E-state index in [1.807, 2.05) is 6.92 Å². The van der Waals surface area contributed by atoms with Gasteiger partial charge in [-0.3, -0.25) is 4.79 Å². The van der Waals surface area contributed by atoms with E-state index in [2.05, 4.69) is 21.2 Å². The van der Waals surface area contributed by atoms with Crippen LogP contribution in [-0.4, -0.2) is 29.6 Å². The maximum Gasteiger partial charge on any atom is 0.326 e. The van der Waals surface area contributed by atoms with Gasteiger partial charge in [-0.25, -0.2) is 4.79 Å². The van der Waals surface area contributed by atoms with Gasteiger partial charge in [0.25, 0.3) is 5.91 Å². The Balaban J connectivity index is 2.49. The standard InChI is InChI=1S/C14H18BrNO4/c1-3-9(2)13(14(18)19)16-12(17)8-20-11-6-4-10(15)5-7-11/h4-7,9,13H,3,8H2,1-2H3,(H,16,17)(H,18,19)/t9-,13-/m0/s1. The Labute approximate surface area is 126 Å². The molecule has 110 valence electrons. The predicted molar refractivity (Wildman–Crippen MR) is 78.7 cm³/mol. The Kier molecular flexibility index (Phi) is 6.51. The summed E-state index contributed by atoms with van der Waals surface area (Å²) in [4.78, 5) is 22.8. The molecule has 1 aromatic rings. The molecule has 6 heteroatoms. The van der Waals surface area contributed by atoms with Gasteiger partial charge in [0.05, 0.1) is 0 Å². The Hall–Kier alpha value is -1.56. The van der Waals surface area contributed by atoms with Crippen LogP contribution in [0, 0.1) is 5.92 Å². The number of carbonyl (C=O) groups is 2. The van der Waals surface area contributed by atoms with E-state index in [0.717, 1.165) is 4.47 Å². The fraction of sp³-hybridized carbons (Fsp3) is 0.429. The average Bonchev–Trinajstić information content (AvgIpc) is 2.43. The molecule has 0 aliphatic heterocycles. The number of hydrogen-bond acceptors (Lipinski definition) is 3. The van der Waals surface area contributed by atoms with Gasteiger partial charge in [-0.2, -0.15) is 0 Å². The topological polar surface area (TPSA) is 75.6 Å². The van der Waals surface area contributed by atoms with Crippen molar-refractivity contribution in [2.45, 2.75) is 26.3 Å². The normalized spacial score (nSPS) is 13.3. The van der Waals surface area contributed by atoms with Gasteiger partial charge in [0, 0.05) is 4.47 Å². The van der Waals surface area contributed by atoms with Crippen molar-refractivity contribution in [2.75, 3.05) is 6.61 Å². The molecule has 0 fully saturated rings. The lowest BCUT2D eigenvalue weighted by molar-refractivity contribution is -0.143. The molecule has 1 aromatic carbocycles. The van der Waals surface area contributed by atoms with E-state index in [0.29, 0.717) is 12.2 Å². The van der Waals surface area contributed by atoms with E-state index in [1.54, 1.807) is 31.2 Å². The number of hydrogen-bond donors (Lipinski definition) is 2. The van der Waals surface area contributed by atoms with E-state index >= 15 is 0 Å². The molecule has 0 saturated heterocycles. The summed E-state index contributed by atoms with van der Waals surface area (Å²) in [6.45, 7) is 3.46. The molecule has 0 radical (unpaired) electrons. The summed E-state index contributed by atoms with van der Waals surface area (Å²) in [5, 5.41) is 11.6. The van der Waals surface area contributed by atoms with Gasteiger partial charge in [-0.05, 0) is 30.2 Å². The summed E-state index contributed by atoms with van der Waals surface area (Å²) in [7, 11) is 0. The lowest BCUT2D eigenvalue weighted by Gasteiger charge is -2.20. The van der Waals surface area contributed by atoms with Crippen LogP contribution in [0.2, 0.25) is 0 Å². The molecule has 0 saturated carbocycles. The predicted octanol–water partition coefficient (Wildman–Crippen LogP) is 2.44. The van der Waals surface area contributed by atoms with Crippen LogP contribution in [0.4, 0.5) is 0 Å². The van der Waals surface area contributed by atoms with Gasteiger partial charge in [0.15, 0.2) is 6.61 Å². The van der Waals surface area contributed by atoms with Crippen LogP contribution in [-0.2, 0) is 9.59 Å². The number of carboxylic acid groups (broad SMARTS) is 1. The van der Waals surface area contributed by atoms with Crippen molar-refractivity contribution in [2.24, 2.45) is 5.92 Å². The third-order valence-corrected chi connectivity index (χ3v) is 3.51. The summed E-state index contributed by atoms with van der Waals surface area (Å²) >= 11 is 3.30. The highest BCUT2D eigenvalue weighted by Crippen LogP contribution is 2.16. The molecule has 0 heterocycles. The van der Waals surface area contributed by atoms with Crippen LogP contribution in [0.5, 0.6) is 5.75 Å². The zero-order valence-corrected chi connectivity index (χ0v) is 13.0. The number of nitrogens with one attached hydrogen (secondary N) is 1. The van der Waals surface area contributed by atoms with Gasteiger partial charge in [0.1, 0.15) is 11.8 Å². The first kappa shape index (κ1) is 16.5. The Morgan fingerprint density at radius 2 is 1.95 bits per heavy atom. The minimum Gasteiger partial charge on any atom is -0.484 e. The van der Waals surface area contributed by atoms with Crippen LogP contribution >= 0.6 is 15.9 Å². The van der Waals surface area contributed by atoms with Gasteiger partial charge < -0.3 is 15.2 Å². The van der Waals surface area contributed by atoms with Crippen LogP contribution in [0.1, 0.15) is 20.3 Å². The Morgan fingerprint density at radius 1 is 1.35 bits per heavy atom. The second-order valence-electron chi connectivity index (χ2n) is 4.51. The van der Waals surface area contributed by atoms with Gasteiger partial charge in [-0.1, -0.05) is 36.2 Å². The number of aliphatic carboxylic acids is 1. The van der Waals surface area contributed by atoms with Gasteiger partial charge in [-0.15, -0.1) is 0 Å². The summed E-state index contributed by atoms with van der Waals surface area (Å²) in [5.74, 6) is -1.06. The van der Waals surface area contributed by atoms with E-state index in [4.69, 9.17) is 9.84 Å². The highest BCUT2D eigenvalue weighted by Gasteiger charge is 2.25. The highest BCUT2D eigenvalue weighted by atomic mass is 79.9. The van der Waals surface area contributed by atoms with Crippen molar-refractivity contribution in [3.8, 4) is 5.75 Å². The highest BCUT2D eigenvalue weighted by molar-refractivity contribution is 9.10. The van der Waals surface area contributed by atoms with Crippen molar-refractivity contribution in [1.82, 2.24) is 5.32 Å². The fourth-order valence-electron chi connectivity index (χ4n) is 1.58. The van der Waals surface area contributed by atoms with E-state index < -0.39 is 17.9 Å². The first-order valence-corrected chi connectivity index (χ1v) is 7.13. The second kappa shape index (κ2) is 7.89. The Morgan fingerprint density at radius 3 is 2.45 bits per heavy atom. The van der Waals surface area contributed by atoms with Crippen molar-refractivity contribution in [3.63, 3.8) is 0 Å². The monoisotopic (exact) mass is 343 g/mol. The molecule has 0 unspecified atom stereocenters. The van der Waals surface area contributed by atoms with Crippen molar-refractivity contribution >= 4 is 27.8 Å². The number of ether oxygens (including phenoxy) is 1. The maximum atomic E-state index is 11.7. The van der Waals surface area contributed by atoms with Crippen molar-refractivity contribution in [1.29, 1.82) is 0 Å². The molecule has 5 nitrogen and oxygen atoms in total. The van der Waals surface area contributed by atoms with E-state index in [1.165, 1.54) is 0 Å². The molecule has 0 spiro atoms. The van der Waals surface area contributed by atoms with Crippen molar-refractivity contribution in [3.05, 3.63) is 28.7 Å². The summed E-state index contributed by atoms with van der Waals surface area (Å²) in [6, 6.07) is 6.15. The quantitative estimate of drug-likeness (QED) is 0.797. The smallest absolute Gasteiger partial charge is 0.326 e. The van der Waals surface area contributed by atoms with Crippen LogP contribution < -0.4 is 10.1 Å². The van der Waals surface area contributed by atoms with Crippen LogP contribution in [0.15, 0.2) is 28.7 Å². The lowest BCUT2D eigenvalue weighted by atomic mass is 9.99. The number of amides is 1. The fourth-order valence-corrected chi connectivity index (χ4v) is 1.84. The van der Waals surface area contributed by atoms with E-state index in [-0.39, 0.29) is 12.5 Å². The molecule has 1 rings (SSSR count). The first-order chi connectivity index (χ1) is 9.43. The minimum absolute atomic E-state index is 0.135. The number of carbonyl (C=O) groups excluding carboxylic acids is 1. The summed E-state index contributed by atoms with van der Waals surface area (Å²) < 4.78 is 6.20. The molecule has 2 atom stereocenters. The second-order valence-corrected chi connectivity index (χ2v) is 5.43. The Bertz CT molecular complexity index is 461. The maximum absolute atomic E-state index is 11.7. The van der Waals surface area contributed by atoms with Crippen LogP contribution in [0.25, 0.3) is 0 Å². The van der Waals surface area contributed by atoms with Crippen molar-refractivity contribution < 1.29 is 19.4 Å². The molecular formula is C14H18BrNO4. The third kappa shape index (κ3) is 5.21. The SMILES string of the molecule is CC[C@H](C)[C@H](NC(=O)COc1ccc(Br)cc1)C(=O)O. The van der Waals surface area contributed by atoms with Gasteiger partial charge in [0.2, 0.25) is 0 Å². The molecular weight excluding hydrogens is 326 g/mol. The number of halogens is 1. The first-order valence-electron chi connectivity index (χ1n) is 6.34. The zero-order valence-electron chi connectivity index (χ0n) is 11.4. The average molecular weight is 344 g/mol. The molecule has 1 amide bonds. The largest absolute Gasteiger partial charge is 0.484 e. The minimum atomic E-state index is -1.03. The number of carboxylic acids is 1. The third-order valence-electron chi connectivity index (χ3n) is 2.98. The molecule has 20 heavy (non-hydrogen) atoms. The number of rotatable bonds is 7. The summed E-state index contributed by atoms with van der Waals surface area (Å²) in [6.07, 6.45) is 0.671. The molecule has 0 aromatic heterocycles. The lowest BCUT2D eigenvalue weighted by Crippen LogP contribution is -2.46. The molecule has 2 N–H and O–H groups in total. The van der Waals surface area contributed by atoms with Crippen LogP contribution in [0.3, 0.4) is 0 Å². The number of benzene rings is 1. The molecule has 0 bridgehead atoms. The zero-order chi connectivity index (χ0) is 15.1. The van der Waals surface area contributed by atoms with Gasteiger partial charge >= 0.3 is 5.97 Å². The summed E-state index contributed by atoms with van der Waals surface area (Å²) in [5.41, 5.74) is 0. The van der Waals surface area contributed by atoms with E-state index in [9.17, 15) is 9.59 Å². The molecule has 0 aliphatic rings.